The maximum Gasteiger partial charge on any atom is 0.307 e. The monoisotopic (exact) mass is 262 g/mol. The molecule has 0 spiro atoms. The molecule has 98 valence electrons. The molecular weight excluding hydrogens is 252 g/mol. The van der Waals surface area contributed by atoms with Gasteiger partial charge in [0.1, 0.15) is 23.9 Å². The summed E-state index contributed by atoms with van der Waals surface area (Å²) in [5.74, 6) is 0.457. The Balaban J connectivity index is 2.06. The topological polar surface area (TPSA) is 117 Å². The van der Waals surface area contributed by atoms with Gasteiger partial charge in [0.25, 0.3) is 0 Å². The number of amides is 1. The highest BCUT2D eigenvalue weighted by Gasteiger charge is 2.10. The third-order valence-corrected chi connectivity index (χ3v) is 2.24. The summed E-state index contributed by atoms with van der Waals surface area (Å²) in [6, 6.07) is 3.35. The molecule has 8 nitrogen and oxygen atoms in total. The molecule has 2 aromatic rings. The van der Waals surface area contributed by atoms with Crippen LogP contribution in [0.15, 0.2) is 35.0 Å². The summed E-state index contributed by atoms with van der Waals surface area (Å²) in [5.41, 5.74) is 4.87. The predicted octanol–water partition coefficient (Wildman–Crippen LogP) is 0.931. The molecule has 8 heteroatoms. The first-order valence-corrected chi connectivity index (χ1v) is 5.27. The van der Waals surface area contributed by atoms with E-state index < -0.39 is 10.8 Å². The lowest BCUT2D eigenvalue weighted by Gasteiger charge is -1.95. The standard InChI is InChI=1S/C11H10N4O4/c12-11(16)4-3-9-1-2-10(19-9)7-14-6-8(5-13-14)15(17)18/h1-6H,7H2,(H2,12,16)/b4-3-. The van der Waals surface area contributed by atoms with E-state index in [1.54, 1.807) is 12.1 Å². The van der Waals surface area contributed by atoms with Crippen LogP contribution in [-0.4, -0.2) is 20.6 Å². The fraction of sp³-hybridized carbons (Fsp3) is 0.0909. The van der Waals surface area contributed by atoms with Crippen molar-refractivity contribution in [3.8, 4) is 0 Å². The first-order chi connectivity index (χ1) is 9.04. The van der Waals surface area contributed by atoms with Gasteiger partial charge in [-0.05, 0) is 18.2 Å². The lowest BCUT2D eigenvalue weighted by Crippen LogP contribution is -2.04. The number of carbonyl (C=O) groups excluding carboxylic acids is 1. The van der Waals surface area contributed by atoms with Crippen LogP contribution < -0.4 is 5.73 Å². The smallest absolute Gasteiger partial charge is 0.307 e. The highest BCUT2D eigenvalue weighted by atomic mass is 16.6. The van der Waals surface area contributed by atoms with Gasteiger partial charge in [-0.25, -0.2) is 0 Å². The quantitative estimate of drug-likeness (QED) is 0.488. The van der Waals surface area contributed by atoms with Gasteiger partial charge >= 0.3 is 5.69 Å². The Morgan fingerprint density at radius 1 is 1.58 bits per heavy atom. The first kappa shape index (κ1) is 12.6. The molecule has 0 aliphatic carbocycles. The van der Waals surface area contributed by atoms with E-state index in [0.717, 1.165) is 6.20 Å². The van der Waals surface area contributed by atoms with E-state index in [-0.39, 0.29) is 12.2 Å². The van der Waals surface area contributed by atoms with E-state index in [1.165, 1.54) is 23.0 Å². The Bertz CT molecular complexity index is 641. The zero-order chi connectivity index (χ0) is 13.8. The molecule has 0 fully saturated rings. The zero-order valence-electron chi connectivity index (χ0n) is 9.72. The largest absolute Gasteiger partial charge is 0.460 e. The van der Waals surface area contributed by atoms with E-state index in [0.29, 0.717) is 11.5 Å². The van der Waals surface area contributed by atoms with Crippen molar-refractivity contribution < 1.29 is 14.1 Å². The fourth-order valence-electron chi connectivity index (χ4n) is 1.43. The van der Waals surface area contributed by atoms with Crippen LogP contribution in [0, 0.1) is 10.1 Å². The van der Waals surface area contributed by atoms with E-state index in [2.05, 4.69) is 5.10 Å². The van der Waals surface area contributed by atoms with Gasteiger partial charge in [-0.15, -0.1) is 0 Å². The SMILES string of the molecule is NC(=O)/C=C\c1ccc(Cn2cc([N+](=O)[O-])cn2)o1. The van der Waals surface area contributed by atoms with Crippen molar-refractivity contribution in [3.05, 3.63) is 52.2 Å². The maximum absolute atomic E-state index is 10.6. The van der Waals surface area contributed by atoms with Gasteiger partial charge in [-0.2, -0.15) is 5.10 Å². The second-order valence-electron chi connectivity index (χ2n) is 3.69. The third-order valence-electron chi connectivity index (χ3n) is 2.24. The number of rotatable bonds is 5. The average Bonchev–Trinajstić information content (AvgIpc) is 2.96. The Morgan fingerprint density at radius 3 is 3.00 bits per heavy atom. The second-order valence-corrected chi connectivity index (χ2v) is 3.69. The van der Waals surface area contributed by atoms with Gasteiger partial charge in [-0.3, -0.25) is 19.6 Å². The molecule has 0 aliphatic heterocycles. The molecule has 0 aromatic carbocycles. The summed E-state index contributed by atoms with van der Waals surface area (Å²) in [6.07, 6.45) is 5.09. The Hall–Kier alpha value is -2.90. The van der Waals surface area contributed by atoms with Gasteiger partial charge in [-0.1, -0.05) is 0 Å². The number of hydrogen-bond acceptors (Lipinski definition) is 5. The molecule has 19 heavy (non-hydrogen) atoms. The Kier molecular flexibility index (Phi) is 3.42. The number of hydrogen-bond donors (Lipinski definition) is 1. The molecular formula is C11H10N4O4. The van der Waals surface area contributed by atoms with Crippen LogP contribution in [0.2, 0.25) is 0 Å². The van der Waals surface area contributed by atoms with Crippen LogP contribution in [0.3, 0.4) is 0 Å². The maximum atomic E-state index is 10.6. The lowest BCUT2D eigenvalue weighted by molar-refractivity contribution is -0.385. The second kappa shape index (κ2) is 5.17. The zero-order valence-corrected chi connectivity index (χ0v) is 9.72. The van der Waals surface area contributed by atoms with Crippen molar-refractivity contribution in [1.82, 2.24) is 9.78 Å². The molecule has 2 N–H and O–H groups in total. The minimum Gasteiger partial charge on any atom is -0.460 e. The molecule has 0 aliphatic rings. The minimum atomic E-state index is -0.569. The van der Waals surface area contributed by atoms with Crippen LogP contribution in [0.4, 0.5) is 5.69 Å². The van der Waals surface area contributed by atoms with Crippen molar-refractivity contribution in [1.29, 1.82) is 0 Å². The van der Waals surface area contributed by atoms with Gasteiger partial charge < -0.3 is 10.2 Å². The molecule has 1 amide bonds. The first-order valence-electron chi connectivity index (χ1n) is 5.27. The predicted molar refractivity (Wildman–Crippen MR) is 64.9 cm³/mol. The Labute approximate surface area is 107 Å². The summed E-state index contributed by atoms with van der Waals surface area (Å²) in [7, 11) is 0. The van der Waals surface area contributed by atoms with Crippen LogP contribution in [0.25, 0.3) is 6.08 Å². The number of aromatic nitrogens is 2. The van der Waals surface area contributed by atoms with Gasteiger partial charge in [0, 0.05) is 6.08 Å². The molecule has 2 rings (SSSR count). The molecule has 0 saturated carbocycles. The average molecular weight is 262 g/mol. The molecule has 0 unspecified atom stereocenters. The van der Waals surface area contributed by atoms with Crippen LogP contribution in [0.1, 0.15) is 11.5 Å². The van der Waals surface area contributed by atoms with E-state index in [1.807, 2.05) is 0 Å². The van der Waals surface area contributed by atoms with E-state index in [9.17, 15) is 14.9 Å². The van der Waals surface area contributed by atoms with Crippen molar-refractivity contribution in [2.24, 2.45) is 5.73 Å². The summed E-state index contributed by atoms with van der Waals surface area (Å²) >= 11 is 0. The number of nitrogens with zero attached hydrogens (tertiary/aromatic N) is 3. The van der Waals surface area contributed by atoms with Crippen molar-refractivity contribution in [2.75, 3.05) is 0 Å². The van der Waals surface area contributed by atoms with Gasteiger partial charge in [0.15, 0.2) is 0 Å². The minimum absolute atomic E-state index is 0.0830. The van der Waals surface area contributed by atoms with Crippen LogP contribution >= 0.6 is 0 Å². The normalized spacial score (nSPS) is 10.9. The molecule has 0 bridgehead atoms. The number of carbonyl (C=O) groups is 1. The highest BCUT2D eigenvalue weighted by molar-refractivity contribution is 5.89. The van der Waals surface area contributed by atoms with Crippen LogP contribution in [-0.2, 0) is 11.3 Å². The number of nitrogens with two attached hydrogens (primary N) is 1. The summed E-state index contributed by atoms with van der Waals surface area (Å²) in [4.78, 5) is 20.5. The lowest BCUT2D eigenvalue weighted by atomic mass is 10.4. The van der Waals surface area contributed by atoms with Crippen molar-refractivity contribution in [2.45, 2.75) is 6.54 Å². The number of furan rings is 1. The molecule has 0 radical (unpaired) electrons. The van der Waals surface area contributed by atoms with Crippen molar-refractivity contribution >= 4 is 17.7 Å². The van der Waals surface area contributed by atoms with E-state index >= 15 is 0 Å². The summed E-state index contributed by atoms with van der Waals surface area (Å²) < 4.78 is 6.77. The molecule has 0 atom stereocenters. The fourth-order valence-corrected chi connectivity index (χ4v) is 1.43. The molecule has 2 heterocycles. The van der Waals surface area contributed by atoms with Gasteiger partial charge in [0.2, 0.25) is 5.91 Å². The number of primary amides is 1. The summed E-state index contributed by atoms with van der Waals surface area (Å²) in [5, 5.41) is 14.3. The highest BCUT2D eigenvalue weighted by Crippen LogP contribution is 2.13. The van der Waals surface area contributed by atoms with Gasteiger partial charge in [0.05, 0.1) is 11.5 Å². The third kappa shape index (κ3) is 3.28. The van der Waals surface area contributed by atoms with Crippen molar-refractivity contribution in [3.63, 3.8) is 0 Å². The molecule has 2 aromatic heterocycles. The number of nitro groups is 1. The summed E-state index contributed by atoms with van der Waals surface area (Å²) in [6.45, 7) is 0.262. The molecule has 0 saturated heterocycles. The Morgan fingerprint density at radius 2 is 2.37 bits per heavy atom. The van der Waals surface area contributed by atoms with E-state index in [4.69, 9.17) is 10.2 Å². The van der Waals surface area contributed by atoms with Crippen LogP contribution in [0.5, 0.6) is 0 Å².